The van der Waals surface area contributed by atoms with Crippen LogP contribution < -0.4 is 10.6 Å². The minimum absolute atomic E-state index is 1.05. The molecule has 3 aromatic heterocycles. The Morgan fingerprint density at radius 2 is 0.828 bits per heavy atom. The Morgan fingerprint density at radius 3 is 1.43 bits per heavy atom. The SMILES string of the molecule is C#C/C=c1\c(=C/C)n(-c2ccccc2)c2ccc(-n3c4ccccc4c4cc(-c5ccc6c(c5)c5ccccc5n6-c5ccc(-c6ccccc6)cc5)ccc43)cc12. The van der Waals surface area contributed by atoms with Crippen molar-refractivity contribution in [2.24, 2.45) is 0 Å². The second kappa shape index (κ2) is 13.4. The smallest absolute Gasteiger partial charge is 0.0542 e. The molecule has 0 radical (unpaired) electrons. The van der Waals surface area contributed by atoms with Gasteiger partial charge in [-0.2, -0.15) is 0 Å². The van der Waals surface area contributed by atoms with Gasteiger partial charge in [-0.05, 0) is 114 Å². The van der Waals surface area contributed by atoms with Crippen LogP contribution in [0.15, 0.2) is 188 Å². The topological polar surface area (TPSA) is 14.8 Å². The van der Waals surface area contributed by atoms with Crippen molar-refractivity contribution in [1.29, 1.82) is 0 Å². The summed E-state index contributed by atoms with van der Waals surface area (Å²) < 4.78 is 7.08. The standard InChI is InChI=1S/C55H37N3/c1-3-15-44-49-36-43(30-33-55(49)56(50(44)4-2)41-18-9-6-10-19-41)58-52-23-14-12-21-46(52)48-35-40(27-32-54(48)58)39-26-31-53-47(34-39)45-20-11-13-22-51(45)57(53)42-28-24-38(25-29-42)37-16-7-5-8-17-37/h1,4-36H,2H3/b44-15-,50-4+. The van der Waals surface area contributed by atoms with E-state index in [4.69, 9.17) is 6.42 Å². The van der Waals surface area contributed by atoms with Gasteiger partial charge in [0, 0.05) is 49.2 Å². The van der Waals surface area contributed by atoms with Gasteiger partial charge in [-0.1, -0.05) is 121 Å². The molecule has 3 heterocycles. The number of aromatic nitrogens is 3. The summed E-state index contributed by atoms with van der Waals surface area (Å²) in [5.41, 5.74) is 14.0. The highest BCUT2D eigenvalue weighted by Gasteiger charge is 2.18. The predicted octanol–water partition coefficient (Wildman–Crippen LogP) is 12.4. The van der Waals surface area contributed by atoms with Crippen LogP contribution in [0.25, 0.3) is 106 Å². The zero-order valence-corrected chi connectivity index (χ0v) is 32.0. The van der Waals surface area contributed by atoms with E-state index in [2.05, 4.69) is 221 Å². The van der Waals surface area contributed by atoms with Crippen molar-refractivity contribution in [2.75, 3.05) is 0 Å². The van der Waals surface area contributed by atoms with Gasteiger partial charge in [-0.15, -0.1) is 6.42 Å². The Labute approximate surface area is 336 Å². The molecule has 58 heavy (non-hydrogen) atoms. The van der Waals surface area contributed by atoms with E-state index in [1.807, 2.05) is 6.08 Å². The Balaban J connectivity index is 1.06. The van der Waals surface area contributed by atoms with Gasteiger partial charge in [0.1, 0.15) is 0 Å². The fraction of sp³-hybridized carbons (Fsp3) is 0.0182. The van der Waals surface area contributed by atoms with E-state index in [0.717, 1.165) is 49.6 Å². The maximum atomic E-state index is 5.94. The molecule has 0 aliphatic heterocycles. The molecule has 3 heteroatoms. The zero-order chi connectivity index (χ0) is 38.7. The van der Waals surface area contributed by atoms with E-state index in [-0.39, 0.29) is 0 Å². The van der Waals surface area contributed by atoms with Crippen LogP contribution in [-0.2, 0) is 0 Å². The lowest BCUT2D eigenvalue weighted by atomic mass is 10.0. The number of terminal acetylenes is 1. The first-order valence-electron chi connectivity index (χ1n) is 19.8. The Bertz CT molecular complexity index is 3560. The third-order valence-electron chi connectivity index (χ3n) is 11.7. The minimum Gasteiger partial charge on any atom is -0.310 e. The van der Waals surface area contributed by atoms with Crippen molar-refractivity contribution < 1.29 is 0 Å². The molecule has 272 valence electrons. The zero-order valence-electron chi connectivity index (χ0n) is 32.0. The van der Waals surface area contributed by atoms with Crippen molar-refractivity contribution >= 4 is 66.7 Å². The second-order valence-electron chi connectivity index (χ2n) is 14.9. The van der Waals surface area contributed by atoms with Crippen molar-refractivity contribution in [3.05, 3.63) is 199 Å². The van der Waals surface area contributed by atoms with Gasteiger partial charge >= 0.3 is 0 Å². The number of benzene rings is 8. The van der Waals surface area contributed by atoms with Crippen LogP contribution in [0.5, 0.6) is 0 Å². The number of rotatable bonds is 5. The van der Waals surface area contributed by atoms with Crippen LogP contribution in [-0.4, -0.2) is 13.7 Å². The van der Waals surface area contributed by atoms with Crippen LogP contribution in [0.3, 0.4) is 0 Å². The molecular formula is C55H37N3. The molecule has 3 nitrogen and oxygen atoms in total. The summed E-state index contributed by atoms with van der Waals surface area (Å²) in [6, 6.07) is 68.0. The van der Waals surface area contributed by atoms with Crippen LogP contribution in [0.1, 0.15) is 6.92 Å². The van der Waals surface area contributed by atoms with Gasteiger partial charge in [0.05, 0.1) is 32.9 Å². The molecule has 0 aliphatic carbocycles. The summed E-state index contributed by atoms with van der Waals surface area (Å²) >= 11 is 0. The van der Waals surface area contributed by atoms with E-state index >= 15 is 0 Å². The summed E-state index contributed by atoms with van der Waals surface area (Å²) in [5.74, 6) is 2.82. The van der Waals surface area contributed by atoms with Crippen molar-refractivity contribution in [3.8, 4) is 51.7 Å². The first-order valence-corrected chi connectivity index (χ1v) is 19.8. The van der Waals surface area contributed by atoms with Crippen LogP contribution in [0.4, 0.5) is 0 Å². The molecule has 0 aliphatic rings. The molecule has 0 spiro atoms. The average Bonchev–Trinajstić information content (AvgIpc) is 3.91. The average molecular weight is 740 g/mol. The molecule has 0 amide bonds. The van der Waals surface area contributed by atoms with Crippen LogP contribution >= 0.6 is 0 Å². The number of nitrogens with zero attached hydrogens (tertiary/aromatic N) is 3. The molecular weight excluding hydrogens is 703 g/mol. The monoisotopic (exact) mass is 739 g/mol. The molecule has 11 rings (SSSR count). The Morgan fingerprint density at radius 1 is 0.379 bits per heavy atom. The van der Waals surface area contributed by atoms with Gasteiger partial charge in [0.25, 0.3) is 0 Å². The quantitative estimate of drug-likeness (QED) is 0.156. The van der Waals surface area contributed by atoms with Crippen LogP contribution in [0, 0.1) is 12.3 Å². The maximum Gasteiger partial charge on any atom is 0.0542 e. The third kappa shape index (κ3) is 5.16. The lowest BCUT2D eigenvalue weighted by Crippen LogP contribution is -2.27. The second-order valence-corrected chi connectivity index (χ2v) is 14.9. The van der Waals surface area contributed by atoms with Crippen molar-refractivity contribution in [1.82, 2.24) is 13.7 Å². The van der Waals surface area contributed by atoms with Gasteiger partial charge < -0.3 is 13.7 Å². The van der Waals surface area contributed by atoms with E-state index < -0.39 is 0 Å². The van der Waals surface area contributed by atoms with Gasteiger partial charge in [-0.3, -0.25) is 0 Å². The van der Waals surface area contributed by atoms with E-state index in [0.29, 0.717) is 0 Å². The fourth-order valence-electron chi connectivity index (χ4n) is 9.13. The van der Waals surface area contributed by atoms with Crippen molar-refractivity contribution in [3.63, 3.8) is 0 Å². The predicted molar refractivity (Wildman–Crippen MR) is 246 cm³/mol. The molecule has 0 unspecified atom stereocenters. The summed E-state index contributed by atoms with van der Waals surface area (Å²) in [7, 11) is 0. The molecule has 0 atom stereocenters. The molecule has 0 bridgehead atoms. The summed E-state index contributed by atoms with van der Waals surface area (Å²) in [5, 5.41) is 8.17. The number of fused-ring (bicyclic) bond motifs is 7. The molecule has 0 saturated carbocycles. The third-order valence-corrected chi connectivity index (χ3v) is 11.7. The Kier molecular flexibility index (Phi) is 7.77. The van der Waals surface area contributed by atoms with E-state index in [9.17, 15) is 0 Å². The lowest BCUT2D eigenvalue weighted by molar-refractivity contribution is 1.07. The largest absolute Gasteiger partial charge is 0.310 e. The number of para-hydroxylation sites is 3. The minimum atomic E-state index is 1.05. The highest BCUT2D eigenvalue weighted by molar-refractivity contribution is 6.13. The molecule has 11 aromatic rings. The van der Waals surface area contributed by atoms with Gasteiger partial charge in [0.15, 0.2) is 0 Å². The first kappa shape index (κ1) is 33.5. The van der Waals surface area contributed by atoms with Crippen LogP contribution in [0.2, 0.25) is 0 Å². The molecule has 0 saturated heterocycles. The number of hydrogen-bond donors (Lipinski definition) is 0. The maximum absolute atomic E-state index is 5.94. The number of hydrogen-bond acceptors (Lipinski definition) is 0. The molecule has 0 fully saturated rings. The first-order chi connectivity index (χ1) is 28.7. The van der Waals surface area contributed by atoms with Gasteiger partial charge in [-0.25, -0.2) is 0 Å². The fourth-order valence-corrected chi connectivity index (χ4v) is 9.13. The van der Waals surface area contributed by atoms with E-state index in [1.54, 1.807) is 0 Å². The van der Waals surface area contributed by atoms with E-state index in [1.165, 1.54) is 54.8 Å². The molecule has 0 N–H and O–H groups in total. The summed E-state index contributed by atoms with van der Waals surface area (Å²) in [4.78, 5) is 0. The Hall–Kier alpha value is -7.80. The highest BCUT2D eigenvalue weighted by atomic mass is 15.0. The van der Waals surface area contributed by atoms with Gasteiger partial charge in [0.2, 0.25) is 0 Å². The summed E-state index contributed by atoms with van der Waals surface area (Å²) in [6.07, 6.45) is 9.99. The normalized spacial score (nSPS) is 12.4. The molecule has 8 aromatic carbocycles. The summed E-state index contributed by atoms with van der Waals surface area (Å²) in [6.45, 7) is 2.08. The van der Waals surface area contributed by atoms with Crippen molar-refractivity contribution in [2.45, 2.75) is 6.92 Å². The lowest BCUT2D eigenvalue weighted by Gasteiger charge is -2.11. The highest BCUT2D eigenvalue weighted by Crippen LogP contribution is 2.39.